The summed E-state index contributed by atoms with van der Waals surface area (Å²) < 4.78 is 24.5. The van der Waals surface area contributed by atoms with Crippen molar-refractivity contribution in [3.05, 3.63) is 53.1 Å². The normalized spacial score (nSPS) is 11.1. The number of hydrogen-bond donors (Lipinski definition) is 1. The zero-order chi connectivity index (χ0) is 14.5. The van der Waals surface area contributed by atoms with Crippen LogP contribution in [0.1, 0.15) is 5.56 Å². The minimum atomic E-state index is -2.40. The largest absolute Gasteiger partial charge is 0.316 e. The Kier molecular flexibility index (Phi) is 5.40. The van der Waals surface area contributed by atoms with Gasteiger partial charge in [-0.1, -0.05) is 47.6 Å². The van der Waals surface area contributed by atoms with Gasteiger partial charge in [-0.25, -0.2) is 0 Å². The molecule has 2 rings (SSSR count). The molecule has 0 saturated carbocycles. The van der Waals surface area contributed by atoms with E-state index < -0.39 is 5.76 Å². The van der Waals surface area contributed by atoms with Gasteiger partial charge in [-0.2, -0.15) is 8.78 Å². The maximum absolute atomic E-state index is 12.3. The van der Waals surface area contributed by atoms with Crippen LogP contribution >= 0.6 is 23.4 Å². The summed E-state index contributed by atoms with van der Waals surface area (Å²) >= 11 is 6.81. The fraction of sp³-hybridized carbons (Fsp3) is 0.200. The fourth-order valence-corrected chi connectivity index (χ4v) is 2.73. The molecule has 0 spiro atoms. The van der Waals surface area contributed by atoms with Crippen LogP contribution in [0.2, 0.25) is 5.02 Å². The Morgan fingerprint density at radius 2 is 1.85 bits per heavy atom. The molecule has 0 heterocycles. The Labute approximate surface area is 126 Å². The Balaban J connectivity index is 2.23. The molecule has 0 aromatic heterocycles. The van der Waals surface area contributed by atoms with Crippen LogP contribution in [0.15, 0.2) is 47.4 Å². The van der Waals surface area contributed by atoms with Gasteiger partial charge in [0.1, 0.15) is 0 Å². The van der Waals surface area contributed by atoms with Crippen LogP contribution in [0.5, 0.6) is 0 Å². The van der Waals surface area contributed by atoms with Gasteiger partial charge < -0.3 is 5.32 Å². The SMILES string of the molecule is CNCc1ccc(-c2ccc(SC(F)F)cc2)c(Cl)c1. The van der Waals surface area contributed by atoms with E-state index in [9.17, 15) is 8.78 Å². The monoisotopic (exact) mass is 313 g/mol. The molecule has 106 valence electrons. The third kappa shape index (κ3) is 3.95. The lowest BCUT2D eigenvalue weighted by molar-refractivity contribution is 0.252. The third-order valence-electron chi connectivity index (χ3n) is 2.80. The number of rotatable bonds is 5. The lowest BCUT2D eigenvalue weighted by Crippen LogP contribution is -2.04. The van der Waals surface area contributed by atoms with Crippen molar-refractivity contribution in [2.24, 2.45) is 0 Å². The van der Waals surface area contributed by atoms with Gasteiger partial charge in [-0.15, -0.1) is 0 Å². The highest BCUT2D eigenvalue weighted by Gasteiger charge is 2.07. The molecule has 2 aromatic carbocycles. The van der Waals surface area contributed by atoms with Crippen molar-refractivity contribution in [2.75, 3.05) is 7.05 Å². The van der Waals surface area contributed by atoms with Gasteiger partial charge in [-0.3, -0.25) is 0 Å². The summed E-state index contributed by atoms with van der Waals surface area (Å²) in [4.78, 5) is 0.548. The standard InChI is InChI=1S/C15H14ClF2NS/c1-19-9-10-2-7-13(14(16)8-10)11-3-5-12(6-4-11)20-15(17)18/h2-8,15,19H,9H2,1H3. The van der Waals surface area contributed by atoms with Crippen LogP contribution in [-0.2, 0) is 6.54 Å². The number of benzene rings is 2. The molecule has 20 heavy (non-hydrogen) atoms. The first-order chi connectivity index (χ1) is 9.60. The minimum Gasteiger partial charge on any atom is -0.316 e. The lowest BCUT2D eigenvalue weighted by atomic mass is 10.0. The summed E-state index contributed by atoms with van der Waals surface area (Å²) in [6.07, 6.45) is 0. The average molecular weight is 314 g/mol. The lowest BCUT2D eigenvalue weighted by Gasteiger charge is -2.08. The molecule has 0 atom stereocenters. The third-order valence-corrected chi connectivity index (χ3v) is 3.84. The van der Waals surface area contributed by atoms with Crippen LogP contribution in [0, 0.1) is 0 Å². The molecule has 0 fully saturated rings. The highest BCUT2D eigenvalue weighted by atomic mass is 35.5. The summed E-state index contributed by atoms with van der Waals surface area (Å²) in [6.45, 7) is 0.754. The van der Waals surface area contributed by atoms with Crippen LogP contribution in [0.4, 0.5) is 8.78 Å². The fourth-order valence-electron chi connectivity index (χ4n) is 1.92. The van der Waals surface area contributed by atoms with Gasteiger partial charge in [0, 0.05) is 22.0 Å². The average Bonchev–Trinajstić information content (AvgIpc) is 2.40. The molecule has 0 aliphatic heterocycles. The molecule has 0 amide bonds. The predicted molar refractivity (Wildman–Crippen MR) is 81.5 cm³/mol. The van der Waals surface area contributed by atoms with Crippen molar-refractivity contribution in [1.82, 2.24) is 5.32 Å². The Hall–Kier alpha value is -1.10. The number of alkyl halides is 2. The Bertz CT molecular complexity index is 573. The quantitative estimate of drug-likeness (QED) is 0.776. The van der Waals surface area contributed by atoms with E-state index in [2.05, 4.69) is 5.32 Å². The van der Waals surface area contributed by atoms with Crippen molar-refractivity contribution in [3.8, 4) is 11.1 Å². The minimum absolute atomic E-state index is 0.541. The maximum atomic E-state index is 12.3. The smallest absolute Gasteiger partial charge is 0.288 e. The highest BCUT2D eigenvalue weighted by molar-refractivity contribution is 7.99. The van der Waals surface area contributed by atoms with Crippen molar-refractivity contribution < 1.29 is 8.78 Å². The second kappa shape index (κ2) is 7.07. The van der Waals surface area contributed by atoms with Crippen molar-refractivity contribution in [2.45, 2.75) is 17.2 Å². The Morgan fingerprint density at radius 1 is 1.15 bits per heavy atom. The van der Waals surface area contributed by atoms with Gasteiger partial charge >= 0.3 is 0 Å². The van der Waals surface area contributed by atoms with Gasteiger partial charge in [0.25, 0.3) is 5.76 Å². The van der Waals surface area contributed by atoms with Crippen LogP contribution in [0.3, 0.4) is 0 Å². The first-order valence-corrected chi connectivity index (χ1v) is 7.34. The van der Waals surface area contributed by atoms with Gasteiger partial charge in [0.2, 0.25) is 0 Å². The zero-order valence-electron chi connectivity index (χ0n) is 10.9. The number of nitrogens with one attached hydrogen (secondary N) is 1. The van der Waals surface area contributed by atoms with Crippen molar-refractivity contribution in [3.63, 3.8) is 0 Å². The molecule has 0 radical (unpaired) electrons. The summed E-state index contributed by atoms with van der Waals surface area (Å²) in [5.41, 5.74) is 2.93. The number of halogens is 3. The molecule has 2 aromatic rings. The van der Waals surface area contributed by atoms with Gasteiger partial charge in [-0.05, 0) is 36.4 Å². The van der Waals surface area contributed by atoms with E-state index in [1.807, 2.05) is 37.4 Å². The van der Waals surface area contributed by atoms with E-state index in [-0.39, 0.29) is 0 Å². The molecule has 0 aliphatic rings. The first-order valence-electron chi connectivity index (χ1n) is 6.08. The predicted octanol–water partition coefficient (Wildman–Crippen LogP) is 5.04. The number of hydrogen-bond acceptors (Lipinski definition) is 2. The summed E-state index contributed by atoms with van der Waals surface area (Å²) in [5, 5.41) is 3.72. The zero-order valence-corrected chi connectivity index (χ0v) is 12.4. The molecule has 0 bridgehead atoms. The second-order valence-electron chi connectivity index (χ2n) is 4.25. The molecular formula is C15H14ClF2NS. The maximum Gasteiger partial charge on any atom is 0.288 e. The van der Waals surface area contributed by atoms with E-state index >= 15 is 0 Å². The molecule has 5 heteroatoms. The van der Waals surface area contributed by atoms with Crippen LogP contribution in [-0.4, -0.2) is 12.8 Å². The molecule has 0 aliphatic carbocycles. The van der Waals surface area contributed by atoms with Crippen molar-refractivity contribution in [1.29, 1.82) is 0 Å². The summed E-state index contributed by atoms with van der Waals surface area (Å²) in [5.74, 6) is -2.40. The Morgan fingerprint density at radius 3 is 2.40 bits per heavy atom. The molecular weight excluding hydrogens is 300 g/mol. The van der Waals surface area contributed by atoms with Crippen LogP contribution < -0.4 is 5.32 Å². The van der Waals surface area contributed by atoms with Crippen LogP contribution in [0.25, 0.3) is 11.1 Å². The molecule has 1 N–H and O–H groups in total. The van der Waals surface area contributed by atoms with E-state index in [4.69, 9.17) is 11.6 Å². The second-order valence-corrected chi connectivity index (χ2v) is 5.72. The van der Waals surface area contributed by atoms with Gasteiger partial charge in [0.05, 0.1) is 0 Å². The van der Waals surface area contributed by atoms with E-state index in [1.165, 1.54) is 0 Å². The van der Waals surface area contributed by atoms with Gasteiger partial charge in [0.15, 0.2) is 0 Å². The first kappa shape index (κ1) is 15.3. The molecule has 1 nitrogen and oxygen atoms in total. The summed E-state index contributed by atoms with van der Waals surface area (Å²) in [6, 6.07) is 12.8. The van der Waals surface area contributed by atoms with Crippen molar-refractivity contribution >= 4 is 23.4 Å². The van der Waals surface area contributed by atoms with E-state index in [0.717, 1.165) is 23.2 Å². The molecule has 0 unspecified atom stereocenters. The highest BCUT2D eigenvalue weighted by Crippen LogP contribution is 2.31. The number of thioether (sulfide) groups is 1. The topological polar surface area (TPSA) is 12.0 Å². The van der Waals surface area contributed by atoms with E-state index in [1.54, 1.807) is 12.1 Å². The van der Waals surface area contributed by atoms with E-state index in [0.29, 0.717) is 21.7 Å². The summed E-state index contributed by atoms with van der Waals surface area (Å²) in [7, 11) is 1.88. The molecule has 0 saturated heterocycles.